The first kappa shape index (κ1) is 16.4. The topological polar surface area (TPSA) is 109 Å². The van der Waals surface area contributed by atoms with E-state index in [1.165, 1.54) is 18.2 Å². The number of anilines is 1. The Bertz CT molecular complexity index is 675. The van der Waals surface area contributed by atoms with Gasteiger partial charge in [-0.2, -0.15) is 0 Å². The predicted molar refractivity (Wildman–Crippen MR) is 76.5 cm³/mol. The SMILES string of the molecule is CC.Cc1ccc(-c2nc(N)c(O)c(C(=O)O)n2)cc1F. The molecule has 2 rings (SSSR count). The van der Waals surface area contributed by atoms with Crippen LogP contribution < -0.4 is 5.73 Å². The Morgan fingerprint density at radius 2 is 1.90 bits per heavy atom. The van der Waals surface area contributed by atoms with Crippen molar-refractivity contribution in [3.05, 3.63) is 35.3 Å². The fraction of sp³-hybridized carbons (Fsp3) is 0.214. The summed E-state index contributed by atoms with van der Waals surface area (Å²) < 4.78 is 13.5. The molecule has 1 aromatic carbocycles. The number of aromatic carboxylic acids is 1. The number of carbonyl (C=O) groups is 1. The Hall–Kier alpha value is -2.70. The number of aryl methyl sites for hydroxylation is 1. The maximum atomic E-state index is 13.5. The molecular weight excluding hydrogens is 277 g/mol. The van der Waals surface area contributed by atoms with Crippen molar-refractivity contribution in [2.24, 2.45) is 0 Å². The number of benzene rings is 1. The number of aromatic nitrogens is 2. The number of hydrogen-bond acceptors (Lipinski definition) is 5. The number of rotatable bonds is 2. The third-order valence-corrected chi connectivity index (χ3v) is 2.54. The monoisotopic (exact) mass is 293 g/mol. The molecular formula is C14H16FN3O3. The number of nitrogen functional groups attached to an aromatic ring is 1. The summed E-state index contributed by atoms with van der Waals surface area (Å²) >= 11 is 0. The summed E-state index contributed by atoms with van der Waals surface area (Å²) in [5.41, 5.74) is 5.50. The summed E-state index contributed by atoms with van der Waals surface area (Å²) in [4.78, 5) is 18.3. The van der Waals surface area contributed by atoms with Gasteiger partial charge in [0.25, 0.3) is 0 Å². The lowest BCUT2D eigenvalue weighted by Crippen LogP contribution is -2.07. The summed E-state index contributed by atoms with van der Waals surface area (Å²) in [7, 11) is 0. The molecule has 112 valence electrons. The number of hydrogen-bond donors (Lipinski definition) is 3. The van der Waals surface area contributed by atoms with Gasteiger partial charge in [-0.25, -0.2) is 19.2 Å². The van der Waals surface area contributed by atoms with Crippen LogP contribution in [0.3, 0.4) is 0 Å². The number of nitrogens with two attached hydrogens (primary N) is 1. The van der Waals surface area contributed by atoms with Gasteiger partial charge in [0.2, 0.25) is 0 Å². The fourth-order valence-electron chi connectivity index (χ4n) is 1.48. The van der Waals surface area contributed by atoms with Crippen LogP contribution in [0.5, 0.6) is 5.75 Å². The van der Waals surface area contributed by atoms with Crippen LogP contribution in [-0.4, -0.2) is 26.2 Å². The second-order valence-electron chi connectivity index (χ2n) is 3.90. The summed E-state index contributed by atoms with van der Waals surface area (Å²) in [6.45, 7) is 5.59. The Kier molecular flexibility index (Phi) is 5.18. The second kappa shape index (κ2) is 6.65. The van der Waals surface area contributed by atoms with E-state index in [9.17, 15) is 14.3 Å². The minimum atomic E-state index is -1.44. The highest BCUT2D eigenvalue weighted by atomic mass is 19.1. The van der Waals surface area contributed by atoms with Crippen LogP contribution in [0.1, 0.15) is 29.9 Å². The minimum absolute atomic E-state index is 0.0633. The van der Waals surface area contributed by atoms with Crippen LogP contribution in [-0.2, 0) is 0 Å². The molecule has 0 radical (unpaired) electrons. The first-order valence-electron chi connectivity index (χ1n) is 6.26. The van der Waals surface area contributed by atoms with E-state index in [4.69, 9.17) is 10.8 Å². The van der Waals surface area contributed by atoms with Gasteiger partial charge < -0.3 is 15.9 Å². The van der Waals surface area contributed by atoms with Crippen molar-refractivity contribution in [2.75, 3.05) is 5.73 Å². The fourth-order valence-corrected chi connectivity index (χ4v) is 1.48. The van der Waals surface area contributed by atoms with E-state index >= 15 is 0 Å². The lowest BCUT2D eigenvalue weighted by Gasteiger charge is -2.06. The average molecular weight is 293 g/mol. The van der Waals surface area contributed by atoms with Crippen molar-refractivity contribution in [3.8, 4) is 17.1 Å². The Morgan fingerprint density at radius 3 is 2.43 bits per heavy atom. The van der Waals surface area contributed by atoms with Gasteiger partial charge in [-0.3, -0.25) is 0 Å². The summed E-state index contributed by atoms with van der Waals surface area (Å²) in [6.07, 6.45) is 0. The van der Waals surface area contributed by atoms with Gasteiger partial charge in [0.15, 0.2) is 23.1 Å². The zero-order chi connectivity index (χ0) is 16.2. The van der Waals surface area contributed by atoms with Crippen LogP contribution >= 0.6 is 0 Å². The van der Waals surface area contributed by atoms with E-state index in [1.54, 1.807) is 6.92 Å². The first-order valence-corrected chi connectivity index (χ1v) is 6.26. The molecule has 21 heavy (non-hydrogen) atoms. The van der Waals surface area contributed by atoms with E-state index in [2.05, 4.69) is 9.97 Å². The number of carboxylic acids is 1. The van der Waals surface area contributed by atoms with Crippen molar-refractivity contribution >= 4 is 11.8 Å². The van der Waals surface area contributed by atoms with Crippen LogP contribution in [0.4, 0.5) is 10.2 Å². The number of halogens is 1. The summed E-state index contributed by atoms with van der Waals surface area (Å²) in [6, 6.07) is 4.22. The molecule has 0 aliphatic heterocycles. The van der Waals surface area contributed by atoms with E-state index < -0.39 is 23.2 Å². The molecule has 0 saturated carbocycles. The largest absolute Gasteiger partial charge is 0.503 e. The van der Waals surface area contributed by atoms with Crippen molar-refractivity contribution in [3.63, 3.8) is 0 Å². The zero-order valence-corrected chi connectivity index (χ0v) is 11.9. The zero-order valence-electron chi connectivity index (χ0n) is 11.9. The van der Waals surface area contributed by atoms with E-state index in [1.807, 2.05) is 13.8 Å². The maximum absolute atomic E-state index is 13.5. The van der Waals surface area contributed by atoms with Crippen molar-refractivity contribution in [1.29, 1.82) is 0 Å². The van der Waals surface area contributed by atoms with Crippen LogP contribution in [0, 0.1) is 12.7 Å². The van der Waals surface area contributed by atoms with Crippen molar-refractivity contribution < 1.29 is 19.4 Å². The Balaban J connectivity index is 0.00000106. The Labute approximate surface area is 121 Å². The molecule has 0 fully saturated rings. The van der Waals surface area contributed by atoms with E-state index in [0.29, 0.717) is 5.56 Å². The number of nitrogens with zero attached hydrogens (tertiary/aromatic N) is 2. The molecule has 0 aliphatic carbocycles. The normalized spacial score (nSPS) is 9.71. The quantitative estimate of drug-likeness (QED) is 0.785. The highest BCUT2D eigenvalue weighted by molar-refractivity contribution is 5.90. The molecule has 0 atom stereocenters. The van der Waals surface area contributed by atoms with Crippen LogP contribution in [0.25, 0.3) is 11.4 Å². The molecule has 1 aromatic heterocycles. The van der Waals surface area contributed by atoms with E-state index in [-0.39, 0.29) is 17.2 Å². The Morgan fingerprint density at radius 1 is 1.29 bits per heavy atom. The molecule has 0 bridgehead atoms. The van der Waals surface area contributed by atoms with E-state index in [0.717, 1.165) is 0 Å². The lowest BCUT2D eigenvalue weighted by atomic mass is 10.1. The van der Waals surface area contributed by atoms with Gasteiger partial charge >= 0.3 is 5.97 Å². The van der Waals surface area contributed by atoms with Crippen LogP contribution in [0.2, 0.25) is 0 Å². The highest BCUT2D eigenvalue weighted by Crippen LogP contribution is 2.26. The smallest absolute Gasteiger partial charge is 0.358 e. The molecule has 7 heteroatoms. The molecule has 0 unspecified atom stereocenters. The number of carboxylic acid groups (broad SMARTS) is 1. The lowest BCUT2D eigenvalue weighted by molar-refractivity contribution is 0.0687. The van der Waals surface area contributed by atoms with Gasteiger partial charge in [-0.1, -0.05) is 26.0 Å². The molecule has 2 aromatic rings. The predicted octanol–water partition coefficient (Wildman–Crippen LogP) is 2.60. The molecule has 0 aliphatic rings. The second-order valence-corrected chi connectivity index (χ2v) is 3.90. The average Bonchev–Trinajstić information content (AvgIpc) is 2.46. The molecule has 1 heterocycles. The van der Waals surface area contributed by atoms with Gasteiger partial charge in [0, 0.05) is 5.56 Å². The molecule has 4 N–H and O–H groups in total. The molecule has 0 spiro atoms. The summed E-state index contributed by atoms with van der Waals surface area (Å²) in [5.74, 6) is -3.05. The van der Waals surface area contributed by atoms with Gasteiger partial charge in [-0.15, -0.1) is 0 Å². The summed E-state index contributed by atoms with van der Waals surface area (Å²) in [5, 5.41) is 18.3. The molecule has 0 amide bonds. The molecule has 0 saturated heterocycles. The minimum Gasteiger partial charge on any atom is -0.503 e. The number of aromatic hydroxyl groups is 1. The highest BCUT2D eigenvalue weighted by Gasteiger charge is 2.18. The van der Waals surface area contributed by atoms with Gasteiger partial charge in [0.05, 0.1) is 0 Å². The third kappa shape index (κ3) is 3.44. The van der Waals surface area contributed by atoms with Crippen LogP contribution in [0.15, 0.2) is 18.2 Å². The van der Waals surface area contributed by atoms with Crippen molar-refractivity contribution in [1.82, 2.24) is 9.97 Å². The van der Waals surface area contributed by atoms with Crippen molar-refractivity contribution in [2.45, 2.75) is 20.8 Å². The van der Waals surface area contributed by atoms with Gasteiger partial charge in [0.1, 0.15) is 5.82 Å². The maximum Gasteiger partial charge on any atom is 0.358 e. The molecule has 6 nitrogen and oxygen atoms in total. The standard InChI is InChI=1S/C12H10FN3O3.C2H6/c1-5-2-3-6(4-7(5)13)11-15-8(12(18)19)9(17)10(14)16-11;1-2/h2-4,17H,1H3,(H,18,19)(H2,14,15,16);1-2H3. The van der Waals surface area contributed by atoms with Gasteiger partial charge in [-0.05, 0) is 18.6 Å². The first-order chi connectivity index (χ1) is 9.90. The third-order valence-electron chi connectivity index (χ3n) is 2.54.